The van der Waals surface area contributed by atoms with Gasteiger partial charge < -0.3 is 4.90 Å². The molecule has 3 heterocycles. The third kappa shape index (κ3) is 5.46. The van der Waals surface area contributed by atoms with E-state index in [-0.39, 0.29) is 18.4 Å². The van der Waals surface area contributed by atoms with Gasteiger partial charge in [-0.2, -0.15) is 4.31 Å². The van der Waals surface area contributed by atoms with E-state index in [4.69, 9.17) is 4.98 Å². The topological polar surface area (TPSA) is 73.8 Å². The minimum Gasteiger partial charge on any atom is -0.302 e. The Labute approximate surface area is 216 Å². The smallest absolute Gasteiger partial charge is 0.252 e. The molecule has 0 aliphatic carbocycles. The minimum atomic E-state index is -3.58. The number of sulfonamides is 1. The van der Waals surface area contributed by atoms with Gasteiger partial charge in [-0.05, 0) is 68.4 Å². The first kappa shape index (κ1) is 26.2. The molecule has 190 valence electrons. The zero-order valence-corrected chi connectivity index (χ0v) is 23.3. The Morgan fingerprint density at radius 3 is 2.63 bits per heavy atom. The highest BCUT2D eigenvalue weighted by atomic mass is 32.2. The van der Waals surface area contributed by atoms with Crippen LogP contribution in [0.4, 0.5) is 5.13 Å². The molecule has 10 heteroatoms. The maximum Gasteiger partial charge on any atom is 0.252 e. The highest BCUT2D eigenvalue weighted by Gasteiger charge is 2.36. The molecular weight excluding hydrogens is 501 g/mol. The Morgan fingerprint density at radius 1 is 1.17 bits per heavy atom. The van der Waals surface area contributed by atoms with Gasteiger partial charge in [0.1, 0.15) is 4.21 Å². The second-order valence-corrected chi connectivity index (χ2v) is 13.1. The number of thiazole rings is 1. The number of fused-ring (bicyclic) bond motifs is 1. The number of thiophene rings is 1. The molecule has 0 radical (unpaired) electrons. The van der Waals surface area contributed by atoms with Crippen molar-refractivity contribution in [2.45, 2.75) is 44.7 Å². The first-order chi connectivity index (χ1) is 16.8. The van der Waals surface area contributed by atoms with Crippen LogP contribution in [0.15, 0.2) is 33.9 Å². The van der Waals surface area contributed by atoms with Gasteiger partial charge in [0.25, 0.3) is 10.0 Å². The van der Waals surface area contributed by atoms with E-state index in [2.05, 4.69) is 44.7 Å². The molecule has 0 spiro atoms. The fourth-order valence-corrected chi connectivity index (χ4v) is 8.26. The lowest BCUT2D eigenvalue weighted by Gasteiger charge is -2.34. The van der Waals surface area contributed by atoms with Gasteiger partial charge >= 0.3 is 0 Å². The molecule has 7 nitrogen and oxygen atoms in total. The van der Waals surface area contributed by atoms with Crippen LogP contribution in [0.3, 0.4) is 0 Å². The molecule has 3 aromatic rings. The third-order valence-corrected chi connectivity index (χ3v) is 11.2. The molecule has 1 atom stereocenters. The first-order valence-corrected chi connectivity index (χ1v) is 15.3. The number of aromatic nitrogens is 1. The fraction of sp³-hybridized carbons (Fsp3) is 0.520. The lowest BCUT2D eigenvalue weighted by atomic mass is 9.98. The van der Waals surface area contributed by atoms with Gasteiger partial charge in [-0.1, -0.05) is 37.3 Å². The van der Waals surface area contributed by atoms with Crippen molar-refractivity contribution in [2.75, 3.05) is 44.2 Å². The molecule has 2 aromatic heterocycles. The van der Waals surface area contributed by atoms with E-state index >= 15 is 0 Å². The van der Waals surface area contributed by atoms with Crippen molar-refractivity contribution in [1.82, 2.24) is 14.2 Å². The molecule has 0 bridgehead atoms. The van der Waals surface area contributed by atoms with Gasteiger partial charge in [-0.3, -0.25) is 9.69 Å². The highest BCUT2D eigenvalue weighted by Crippen LogP contribution is 2.34. The van der Waals surface area contributed by atoms with Crippen LogP contribution in [-0.2, 0) is 14.8 Å². The van der Waals surface area contributed by atoms with Crippen molar-refractivity contribution in [3.8, 4) is 0 Å². The monoisotopic (exact) mass is 534 g/mol. The van der Waals surface area contributed by atoms with Crippen LogP contribution in [0, 0.1) is 19.8 Å². The average Bonchev–Trinajstić information content (AvgIpc) is 3.55. The van der Waals surface area contributed by atoms with Crippen molar-refractivity contribution in [2.24, 2.45) is 5.92 Å². The number of nitrogens with zero attached hydrogens (tertiary/aromatic N) is 4. The van der Waals surface area contributed by atoms with Gasteiger partial charge in [-0.15, -0.1) is 11.3 Å². The predicted octanol–water partition coefficient (Wildman–Crippen LogP) is 4.75. The normalized spacial score (nSPS) is 17.3. The van der Waals surface area contributed by atoms with Crippen LogP contribution in [0.2, 0.25) is 0 Å². The maximum atomic E-state index is 13.9. The van der Waals surface area contributed by atoms with E-state index in [1.54, 1.807) is 17.5 Å². The molecule has 4 rings (SSSR count). The van der Waals surface area contributed by atoms with Crippen molar-refractivity contribution in [3.05, 3.63) is 40.8 Å². The molecule has 1 saturated heterocycles. The summed E-state index contributed by atoms with van der Waals surface area (Å²) in [6, 6.07) is 7.54. The molecule has 1 aliphatic heterocycles. The molecule has 1 aliphatic rings. The maximum absolute atomic E-state index is 13.9. The Bertz CT molecular complexity index is 1270. The summed E-state index contributed by atoms with van der Waals surface area (Å²) in [6.45, 7) is 12.1. The summed E-state index contributed by atoms with van der Waals surface area (Å²) >= 11 is 2.76. The zero-order chi connectivity index (χ0) is 25.2. The Balaban J connectivity index is 1.62. The first-order valence-electron chi connectivity index (χ1n) is 12.2. The SMILES string of the molecule is CCN(CC)CCN(C(=O)C1CCCN(S(=O)(=O)c2cccs2)C1)c1nc2c(C)c(C)ccc2s1. The molecule has 0 N–H and O–H groups in total. The van der Waals surface area contributed by atoms with Crippen molar-refractivity contribution in [3.63, 3.8) is 0 Å². The van der Waals surface area contributed by atoms with Gasteiger partial charge in [0.05, 0.1) is 16.1 Å². The fourth-order valence-electron chi connectivity index (χ4n) is 4.53. The minimum absolute atomic E-state index is 0.0309. The summed E-state index contributed by atoms with van der Waals surface area (Å²) in [4.78, 5) is 22.9. The number of carbonyl (C=O) groups excluding carboxylic acids is 1. The zero-order valence-electron chi connectivity index (χ0n) is 20.9. The van der Waals surface area contributed by atoms with Crippen molar-refractivity contribution < 1.29 is 13.2 Å². The van der Waals surface area contributed by atoms with Crippen molar-refractivity contribution in [1.29, 1.82) is 0 Å². The van der Waals surface area contributed by atoms with Crippen molar-refractivity contribution >= 4 is 54.0 Å². The average molecular weight is 535 g/mol. The number of benzene rings is 1. The largest absolute Gasteiger partial charge is 0.302 e. The summed E-state index contributed by atoms with van der Waals surface area (Å²) in [6.07, 6.45) is 1.35. The standard InChI is InChI=1S/C25H34N4O3S3/c1-5-27(6-2)14-15-29(25-26-23-19(4)18(3)11-12-21(23)34-25)24(30)20-9-7-13-28(17-20)35(31,32)22-10-8-16-33-22/h8,10-12,16,20H,5-7,9,13-15,17H2,1-4H3. The van der Waals surface area contributed by atoms with Crippen LogP contribution < -0.4 is 4.90 Å². The summed E-state index contributed by atoms with van der Waals surface area (Å²) in [5.74, 6) is -0.415. The second-order valence-electron chi connectivity index (χ2n) is 9.00. The summed E-state index contributed by atoms with van der Waals surface area (Å²) in [5, 5.41) is 2.47. The van der Waals surface area contributed by atoms with E-state index in [0.29, 0.717) is 35.3 Å². The number of rotatable bonds is 9. The van der Waals surface area contributed by atoms with Gasteiger partial charge in [0.15, 0.2) is 5.13 Å². The lowest BCUT2D eigenvalue weighted by molar-refractivity contribution is -0.123. The van der Waals surface area contributed by atoms with Crippen LogP contribution >= 0.6 is 22.7 Å². The van der Waals surface area contributed by atoms with Crippen LogP contribution in [0.1, 0.15) is 37.8 Å². The van der Waals surface area contributed by atoms with Crippen LogP contribution in [0.5, 0.6) is 0 Å². The molecule has 1 unspecified atom stereocenters. The number of anilines is 1. The third-order valence-electron chi connectivity index (χ3n) is 6.93. The molecular formula is C25H34N4O3S3. The van der Waals surface area contributed by atoms with Crippen LogP contribution in [-0.4, -0.2) is 67.8 Å². The summed E-state index contributed by atoms with van der Waals surface area (Å²) in [7, 11) is -3.58. The number of likely N-dealkylation sites (N-methyl/N-ethyl adjacent to an activating group) is 1. The summed E-state index contributed by atoms with van der Waals surface area (Å²) in [5.41, 5.74) is 3.25. The number of piperidine rings is 1. The highest BCUT2D eigenvalue weighted by molar-refractivity contribution is 7.91. The number of hydrogen-bond donors (Lipinski definition) is 0. The van der Waals surface area contributed by atoms with E-state index in [1.807, 2.05) is 4.90 Å². The van der Waals surface area contributed by atoms with E-state index < -0.39 is 10.0 Å². The predicted molar refractivity (Wildman–Crippen MR) is 145 cm³/mol. The Hall–Kier alpha value is -1.85. The van der Waals surface area contributed by atoms with E-state index in [0.717, 1.165) is 35.4 Å². The molecule has 1 fully saturated rings. The number of amides is 1. The van der Waals surface area contributed by atoms with Crippen LogP contribution in [0.25, 0.3) is 10.2 Å². The summed E-state index contributed by atoms with van der Waals surface area (Å²) < 4.78 is 29.1. The Morgan fingerprint density at radius 2 is 1.94 bits per heavy atom. The van der Waals surface area contributed by atoms with Gasteiger partial charge in [-0.25, -0.2) is 13.4 Å². The molecule has 1 aromatic carbocycles. The molecule has 1 amide bonds. The van der Waals surface area contributed by atoms with E-state index in [9.17, 15) is 13.2 Å². The van der Waals surface area contributed by atoms with E-state index in [1.165, 1.54) is 32.5 Å². The molecule has 0 saturated carbocycles. The number of carbonyl (C=O) groups is 1. The van der Waals surface area contributed by atoms with Gasteiger partial charge in [0, 0.05) is 26.2 Å². The number of hydrogen-bond acceptors (Lipinski definition) is 7. The second kappa shape index (κ2) is 11.0. The van der Waals surface area contributed by atoms with Gasteiger partial charge in [0.2, 0.25) is 5.91 Å². The number of aryl methyl sites for hydroxylation is 2. The lowest BCUT2D eigenvalue weighted by Crippen LogP contribution is -2.48. The molecule has 35 heavy (non-hydrogen) atoms. The Kier molecular flexibility index (Phi) is 8.27. The quantitative estimate of drug-likeness (QED) is 0.396.